The van der Waals surface area contributed by atoms with Gasteiger partial charge < -0.3 is 10.2 Å². The number of benzene rings is 2. The van der Waals surface area contributed by atoms with E-state index in [4.69, 9.17) is 0 Å². The zero-order chi connectivity index (χ0) is 13.0. The Bertz CT molecular complexity index is 466. The fourth-order valence-corrected chi connectivity index (χ4v) is 2.04. The molecule has 0 saturated carbocycles. The van der Waals surface area contributed by atoms with Crippen molar-refractivity contribution in [2.24, 2.45) is 0 Å². The van der Waals surface area contributed by atoms with Crippen molar-refractivity contribution >= 4 is 0 Å². The molecule has 0 aromatic heterocycles. The summed E-state index contributed by atoms with van der Waals surface area (Å²) in [5.41, 5.74) is 2.25. The zero-order valence-electron chi connectivity index (χ0n) is 10.1. The summed E-state index contributed by atoms with van der Waals surface area (Å²) in [6.07, 6.45) is 2.69. The van der Waals surface area contributed by atoms with Crippen LogP contribution in [0.4, 0.5) is 0 Å². The van der Waals surface area contributed by atoms with E-state index in [2.05, 4.69) is 6.58 Å². The van der Waals surface area contributed by atoms with Crippen molar-refractivity contribution in [2.75, 3.05) is 0 Å². The van der Waals surface area contributed by atoms with Crippen LogP contribution in [-0.4, -0.2) is 10.2 Å². The van der Waals surface area contributed by atoms with Gasteiger partial charge >= 0.3 is 0 Å². The van der Waals surface area contributed by atoms with Crippen LogP contribution in [0.5, 0.6) is 11.5 Å². The number of phenols is 2. The predicted molar refractivity (Wildman–Crippen MR) is 72.9 cm³/mol. The first kappa shape index (κ1) is 12.2. The van der Waals surface area contributed by atoms with Crippen LogP contribution in [0.1, 0.15) is 23.5 Å². The second kappa shape index (κ2) is 5.41. The fraction of sp³-hybridized carbons (Fsp3) is 0.125. The maximum atomic E-state index is 9.32. The summed E-state index contributed by atoms with van der Waals surface area (Å²) in [7, 11) is 0. The van der Waals surface area contributed by atoms with E-state index in [1.165, 1.54) is 0 Å². The lowest BCUT2D eigenvalue weighted by Crippen LogP contribution is -1.99. The molecular formula is C16H16O2. The highest BCUT2D eigenvalue weighted by atomic mass is 16.3. The third kappa shape index (κ3) is 2.72. The van der Waals surface area contributed by atoms with Crippen molar-refractivity contribution in [1.29, 1.82) is 0 Å². The van der Waals surface area contributed by atoms with Gasteiger partial charge in [0.25, 0.3) is 0 Å². The maximum Gasteiger partial charge on any atom is 0.115 e. The van der Waals surface area contributed by atoms with Gasteiger partial charge in [-0.2, -0.15) is 0 Å². The van der Waals surface area contributed by atoms with Crippen LogP contribution in [-0.2, 0) is 0 Å². The van der Waals surface area contributed by atoms with Crippen molar-refractivity contribution in [2.45, 2.75) is 12.3 Å². The second-order valence-electron chi connectivity index (χ2n) is 4.26. The third-order valence-corrected chi connectivity index (χ3v) is 2.99. The van der Waals surface area contributed by atoms with Gasteiger partial charge in [-0.3, -0.25) is 0 Å². The van der Waals surface area contributed by atoms with Gasteiger partial charge in [0.15, 0.2) is 0 Å². The van der Waals surface area contributed by atoms with Crippen molar-refractivity contribution in [3.05, 3.63) is 72.3 Å². The zero-order valence-corrected chi connectivity index (χ0v) is 10.1. The van der Waals surface area contributed by atoms with Crippen molar-refractivity contribution in [3.63, 3.8) is 0 Å². The Morgan fingerprint density at radius 1 is 0.833 bits per heavy atom. The summed E-state index contributed by atoms with van der Waals surface area (Å²) in [6, 6.07) is 14.4. The van der Waals surface area contributed by atoms with E-state index in [9.17, 15) is 10.2 Å². The van der Waals surface area contributed by atoms with E-state index in [1.54, 1.807) is 24.3 Å². The molecule has 0 heterocycles. The lowest BCUT2D eigenvalue weighted by molar-refractivity contribution is 0.475. The van der Waals surface area contributed by atoms with E-state index in [0.29, 0.717) is 0 Å². The Labute approximate surface area is 107 Å². The van der Waals surface area contributed by atoms with Crippen LogP contribution in [0.15, 0.2) is 61.2 Å². The van der Waals surface area contributed by atoms with Gasteiger partial charge in [0.05, 0.1) is 0 Å². The standard InChI is InChI=1S/C16H16O2/c1-2-3-16(12-4-8-14(17)9-5-12)13-6-10-15(18)11-7-13/h2,4-11,16-18H,1,3H2. The minimum Gasteiger partial charge on any atom is -0.508 e. The van der Waals surface area contributed by atoms with Crippen molar-refractivity contribution in [3.8, 4) is 11.5 Å². The Kier molecular flexibility index (Phi) is 3.68. The molecule has 2 aromatic carbocycles. The second-order valence-corrected chi connectivity index (χ2v) is 4.26. The molecule has 2 aromatic rings. The predicted octanol–water partition coefficient (Wildman–Crippen LogP) is 3.81. The van der Waals surface area contributed by atoms with Crippen molar-refractivity contribution < 1.29 is 10.2 Å². The van der Waals surface area contributed by atoms with Crippen LogP contribution in [0, 0.1) is 0 Å². The van der Waals surface area contributed by atoms with Crippen LogP contribution in [0.25, 0.3) is 0 Å². The van der Waals surface area contributed by atoms with Gasteiger partial charge in [-0.15, -0.1) is 6.58 Å². The third-order valence-electron chi connectivity index (χ3n) is 2.99. The molecule has 18 heavy (non-hydrogen) atoms. The first-order valence-electron chi connectivity index (χ1n) is 5.89. The van der Waals surface area contributed by atoms with E-state index in [0.717, 1.165) is 17.5 Å². The van der Waals surface area contributed by atoms with Crippen LogP contribution in [0.2, 0.25) is 0 Å². The highest BCUT2D eigenvalue weighted by molar-refractivity contribution is 5.38. The Morgan fingerprint density at radius 2 is 1.22 bits per heavy atom. The molecule has 2 nitrogen and oxygen atoms in total. The molecule has 0 bridgehead atoms. The number of hydrogen-bond acceptors (Lipinski definition) is 2. The van der Waals surface area contributed by atoms with Gasteiger partial charge in [-0.25, -0.2) is 0 Å². The lowest BCUT2D eigenvalue weighted by atomic mass is 9.88. The van der Waals surface area contributed by atoms with Gasteiger partial charge in [0.2, 0.25) is 0 Å². The molecule has 0 aliphatic carbocycles. The van der Waals surface area contributed by atoms with E-state index in [-0.39, 0.29) is 17.4 Å². The molecule has 0 radical (unpaired) electrons. The largest absolute Gasteiger partial charge is 0.508 e. The normalized spacial score (nSPS) is 10.5. The molecule has 0 unspecified atom stereocenters. The van der Waals surface area contributed by atoms with Gasteiger partial charge in [-0.05, 0) is 41.8 Å². The summed E-state index contributed by atoms with van der Waals surface area (Å²) < 4.78 is 0. The minimum absolute atomic E-state index is 0.198. The molecule has 0 spiro atoms. The maximum absolute atomic E-state index is 9.32. The number of hydrogen-bond donors (Lipinski definition) is 2. The van der Waals surface area contributed by atoms with Crippen LogP contribution in [0.3, 0.4) is 0 Å². The van der Waals surface area contributed by atoms with E-state index >= 15 is 0 Å². The molecule has 0 saturated heterocycles. The average molecular weight is 240 g/mol. The number of allylic oxidation sites excluding steroid dienone is 1. The first-order chi connectivity index (χ1) is 8.70. The summed E-state index contributed by atoms with van der Waals surface area (Å²) in [5, 5.41) is 18.6. The van der Waals surface area contributed by atoms with Crippen molar-refractivity contribution in [1.82, 2.24) is 0 Å². The van der Waals surface area contributed by atoms with Crippen LogP contribution < -0.4 is 0 Å². The molecule has 0 aliphatic rings. The molecule has 0 amide bonds. The molecule has 0 fully saturated rings. The smallest absolute Gasteiger partial charge is 0.115 e. The minimum atomic E-state index is 0.198. The Balaban J connectivity index is 2.35. The first-order valence-corrected chi connectivity index (χ1v) is 5.89. The summed E-state index contributed by atoms with van der Waals surface area (Å²) in [5.74, 6) is 0.729. The molecule has 2 N–H and O–H groups in total. The molecule has 2 heteroatoms. The Morgan fingerprint density at radius 3 is 1.56 bits per heavy atom. The number of aromatic hydroxyl groups is 2. The molecular weight excluding hydrogens is 224 g/mol. The summed E-state index contributed by atoms with van der Waals surface area (Å²) >= 11 is 0. The van der Waals surface area contributed by atoms with Gasteiger partial charge in [0, 0.05) is 5.92 Å². The summed E-state index contributed by atoms with van der Waals surface area (Å²) in [6.45, 7) is 3.79. The molecule has 2 rings (SSSR count). The fourth-order valence-electron chi connectivity index (χ4n) is 2.04. The highest BCUT2D eigenvalue weighted by Crippen LogP contribution is 2.30. The monoisotopic (exact) mass is 240 g/mol. The average Bonchev–Trinajstić information content (AvgIpc) is 2.39. The quantitative estimate of drug-likeness (QED) is 0.798. The van der Waals surface area contributed by atoms with Crippen LogP contribution >= 0.6 is 0 Å². The SMILES string of the molecule is C=CCC(c1ccc(O)cc1)c1ccc(O)cc1. The van der Waals surface area contributed by atoms with Gasteiger partial charge in [-0.1, -0.05) is 30.3 Å². The van der Waals surface area contributed by atoms with Gasteiger partial charge in [0.1, 0.15) is 11.5 Å². The molecule has 0 aliphatic heterocycles. The topological polar surface area (TPSA) is 40.5 Å². The van der Waals surface area contributed by atoms with E-state index < -0.39 is 0 Å². The Hall–Kier alpha value is -2.22. The highest BCUT2D eigenvalue weighted by Gasteiger charge is 2.12. The number of phenolic OH excluding ortho intramolecular Hbond substituents is 2. The number of rotatable bonds is 4. The molecule has 92 valence electrons. The summed E-state index contributed by atoms with van der Waals surface area (Å²) in [4.78, 5) is 0. The molecule has 0 atom stereocenters. The lowest BCUT2D eigenvalue weighted by Gasteiger charge is -2.16. The van der Waals surface area contributed by atoms with E-state index in [1.807, 2.05) is 30.3 Å².